The maximum Gasteiger partial charge on any atom is 0.262 e. The highest BCUT2D eigenvalue weighted by Crippen LogP contribution is 2.25. The Morgan fingerprint density at radius 2 is 2.25 bits per heavy atom. The van der Waals surface area contributed by atoms with Crippen LogP contribution in [0.5, 0.6) is 0 Å². The Bertz CT molecular complexity index is 778. The predicted octanol–water partition coefficient (Wildman–Crippen LogP) is 1.77. The number of hydrogen-bond acceptors (Lipinski definition) is 4. The summed E-state index contributed by atoms with van der Waals surface area (Å²) in [6, 6.07) is 7.12. The van der Waals surface area contributed by atoms with Crippen molar-refractivity contribution in [2.24, 2.45) is 5.92 Å². The van der Waals surface area contributed by atoms with Crippen molar-refractivity contribution in [1.82, 2.24) is 13.7 Å². The molecule has 2 heterocycles. The summed E-state index contributed by atoms with van der Waals surface area (Å²) in [4.78, 5) is 4.02. The molecule has 0 aliphatic rings. The minimum absolute atomic E-state index is 0.0762. The molecule has 20 heavy (non-hydrogen) atoms. The van der Waals surface area contributed by atoms with Gasteiger partial charge in [0.05, 0.1) is 12.0 Å². The molecule has 2 aromatic heterocycles. The van der Waals surface area contributed by atoms with E-state index in [0.29, 0.717) is 5.65 Å². The quantitative estimate of drug-likeness (QED) is 0.862. The first-order valence-corrected chi connectivity index (χ1v) is 7.68. The maximum atomic E-state index is 12.6. The number of rotatable bonds is 4. The zero-order valence-corrected chi connectivity index (χ0v) is 12.6. The molecule has 0 saturated carbocycles. The van der Waals surface area contributed by atoms with Crippen LogP contribution in [0.4, 0.5) is 0 Å². The highest BCUT2D eigenvalue weighted by molar-refractivity contribution is 7.89. The number of aromatic nitrogens is 2. The van der Waals surface area contributed by atoms with Gasteiger partial charge in [0.15, 0.2) is 10.2 Å². The van der Waals surface area contributed by atoms with Gasteiger partial charge in [-0.25, -0.2) is 13.4 Å². The summed E-state index contributed by atoms with van der Waals surface area (Å²) in [7, 11) is -2.39. The molecule has 0 radical (unpaired) electrons. The standard InChI is InChI=1S/C12H13ClN4O2S/c1-9(7-14)8-16(2)20(18,19)12-11(13)15-10-5-3-4-6-17(10)12/h3-6,9H,8H2,1-2H3. The first-order valence-electron chi connectivity index (χ1n) is 5.86. The molecular formula is C12H13ClN4O2S. The molecule has 2 aromatic rings. The van der Waals surface area contributed by atoms with Gasteiger partial charge in [0.2, 0.25) is 0 Å². The van der Waals surface area contributed by atoms with Gasteiger partial charge in [0.1, 0.15) is 5.65 Å². The van der Waals surface area contributed by atoms with Gasteiger partial charge >= 0.3 is 0 Å². The first kappa shape index (κ1) is 14.8. The van der Waals surface area contributed by atoms with E-state index < -0.39 is 15.9 Å². The predicted molar refractivity (Wildman–Crippen MR) is 74.8 cm³/mol. The highest BCUT2D eigenvalue weighted by atomic mass is 35.5. The topological polar surface area (TPSA) is 78.5 Å². The van der Waals surface area contributed by atoms with Crippen LogP contribution in [-0.2, 0) is 10.0 Å². The minimum Gasteiger partial charge on any atom is -0.288 e. The molecule has 1 unspecified atom stereocenters. The molecule has 0 bridgehead atoms. The minimum atomic E-state index is -3.81. The second-order valence-electron chi connectivity index (χ2n) is 4.45. The van der Waals surface area contributed by atoms with Crippen LogP contribution in [0.25, 0.3) is 5.65 Å². The van der Waals surface area contributed by atoms with Crippen LogP contribution in [0.3, 0.4) is 0 Å². The van der Waals surface area contributed by atoms with Crippen molar-refractivity contribution in [3.8, 4) is 6.07 Å². The third kappa shape index (κ3) is 2.50. The molecule has 2 rings (SSSR count). The van der Waals surface area contributed by atoms with Gasteiger partial charge in [-0.1, -0.05) is 17.7 Å². The van der Waals surface area contributed by atoms with Gasteiger partial charge < -0.3 is 0 Å². The van der Waals surface area contributed by atoms with Gasteiger partial charge in [-0.05, 0) is 19.1 Å². The fourth-order valence-electron chi connectivity index (χ4n) is 1.85. The lowest BCUT2D eigenvalue weighted by Crippen LogP contribution is -2.31. The molecule has 0 saturated heterocycles. The fraction of sp³-hybridized carbons (Fsp3) is 0.333. The molecule has 0 fully saturated rings. The van der Waals surface area contributed by atoms with Crippen LogP contribution < -0.4 is 0 Å². The average molecular weight is 313 g/mol. The number of nitriles is 1. The fourth-order valence-corrected chi connectivity index (χ4v) is 3.69. The normalized spacial score (nSPS) is 13.6. The SMILES string of the molecule is CC(C#N)CN(C)S(=O)(=O)c1c(Cl)nc2ccccn12. The molecule has 0 spiro atoms. The second kappa shape index (κ2) is 5.40. The Labute approximate surface area is 122 Å². The summed E-state index contributed by atoms with van der Waals surface area (Å²) in [6.07, 6.45) is 1.59. The third-order valence-corrected chi connectivity index (χ3v) is 5.08. The Balaban J connectivity index is 2.52. The van der Waals surface area contributed by atoms with Gasteiger partial charge in [0, 0.05) is 19.8 Å². The Morgan fingerprint density at radius 3 is 2.90 bits per heavy atom. The first-order chi connectivity index (χ1) is 9.37. The second-order valence-corrected chi connectivity index (χ2v) is 6.77. The molecule has 0 N–H and O–H groups in total. The molecule has 0 amide bonds. The summed E-state index contributed by atoms with van der Waals surface area (Å²) in [5.74, 6) is -0.410. The van der Waals surface area contributed by atoms with E-state index in [1.807, 2.05) is 6.07 Å². The van der Waals surface area contributed by atoms with E-state index in [4.69, 9.17) is 16.9 Å². The maximum absolute atomic E-state index is 12.6. The lowest BCUT2D eigenvalue weighted by Gasteiger charge is -2.17. The molecule has 106 valence electrons. The number of nitrogens with zero attached hydrogens (tertiary/aromatic N) is 4. The van der Waals surface area contributed by atoms with Crippen molar-refractivity contribution in [2.45, 2.75) is 11.9 Å². The van der Waals surface area contributed by atoms with E-state index in [2.05, 4.69) is 4.98 Å². The number of pyridine rings is 1. The molecule has 6 nitrogen and oxygen atoms in total. The lowest BCUT2D eigenvalue weighted by atomic mass is 10.2. The summed E-state index contributed by atoms with van der Waals surface area (Å²) in [6.45, 7) is 1.75. The van der Waals surface area contributed by atoms with Gasteiger partial charge in [-0.15, -0.1) is 0 Å². The molecule has 8 heteroatoms. The zero-order valence-electron chi connectivity index (χ0n) is 11.0. The summed E-state index contributed by atoms with van der Waals surface area (Å²) < 4.78 is 27.6. The van der Waals surface area contributed by atoms with E-state index >= 15 is 0 Å². The van der Waals surface area contributed by atoms with E-state index in [1.54, 1.807) is 31.3 Å². The van der Waals surface area contributed by atoms with Gasteiger partial charge in [0.25, 0.3) is 10.0 Å². The Morgan fingerprint density at radius 1 is 1.55 bits per heavy atom. The number of fused-ring (bicyclic) bond motifs is 1. The summed E-state index contributed by atoms with van der Waals surface area (Å²) in [5.41, 5.74) is 0.456. The molecule has 1 atom stereocenters. The van der Waals surface area contributed by atoms with E-state index in [-0.39, 0.29) is 16.7 Å². The highest BCUT2D eigenvalue weighted by Gasteiger charge is 2.29. The van der Waals surface area contributed by atoms with Gasteiger partial charge in [-0.3, -0.25) is 4.40 Å². The third-order valence-electron chi connectivity index (χ3n) is 2.85. The molecular weight excluding hydrogens is 300 g/mol. The van der Waals surface area contributed by atoms with E-state index in [1.165, 1.54) is 11.4 Å². The molecule has 0 aliphatic carbocycles. The zero-order chi connectivity index (χ0) is 14.9. The average Bonchev–Trinajstić information content (AvgIpc) is 2.74. The van der Waals surface area contributed by atoms with E-state index in [9.17, 15) is 8.42 Å². The van der Waals surface area contributed by atoms with Crippen LogP contribution in [0, 0.1) is 17.2 Å². The lowest BCUT2D eigenvalue weighted by molar-refractivity contribution is 0.436. The molecule has 0 aliphatic heterocycles. The van der Waals surface area contributed by atoms with Crippen molar-refractivity contribution in [3.05, 3.63) is 29.5 Å². The summed E-state index contributed by atoms with van der Waals surface area (Å²) in [5, 5.41) is 8.63. The van der Waals surface area contributed by atoms with Crippen molar-refractivity contribution in [2.75, 3.05) is 13.6 Å². The van der Waals surface area contributed by atoms with Crippen molar-refractivity contribution in [3.63, 3.8) is 0 Å². The van der Waals surface area contributed by atoms with Crippen LogP contribution in [-0.4, -0.2) is 35.7 Å². The van der Waals surface area contributed by atoms with Crippen molar-refractivity contribution in [1.29, 1.82) is 5.26 Å². The van der Waals surface area contributed by atoms with Crippen LogP contribution in [0.2, 0.25) is 5.15 Å². The van der Waals surface area contributed by atoms with Crippen LogP contribution in [0.1, 0.15) is 6.92 Å². The Kier molecular flexibility index (Phi) is 3.99. The number of imidazole rings is 1. The number of hydrogen-bond donors (Lipinski definition) is 0. The largest absolute Gasteiger partial charge is 0.288 e. The summed E-state index contributed by atoms with van der Waals surface area (Å²) >= 11 is 5.96. The monoisotopic (exact) mass is 312 g/mol. The van der Waals surface area contributed by atoms with Gasteiger partial charge in [-0.2, -0.15) is 9.57 Å². The van der Waals surface area contributed by atoms with Crippen LogP contribution >= 0.6 is 11.6 Å². The van der Waals surface area contributed by atoms with Crippen molar-refractivity contribution >= 4 is 27.3 Å². The van der Waals surface area contributed by atoms with E-state index in [0.717, 1.165) is 4.31 Å². The molecule has 0 aromatic carbocycles. The Hall–Kier alpha value is -1.62. The number of halogens is 1. The van der Waals surface area contributed by atoms with Crippen molar-refractivity contribution < 1.29 is 8.42 Å². The number of sulfonamides is 1. The smallest absolute Gasteiger partial charge is 0.262 e. The van der Waals surface area contributed by atoms with Crippen LogP contribution in [0.15, 0.2) is 29.4 Å².